The van der Waals surface area contributed by atoms with Gasteiger partial charge in [-0.05, 0) is 54.7 Å². The fourth-order valence-corrected chi connectivity index (χ4v) is 2.80. The van der Waals surface area contributed by atoms with Crippen molar-refractivity contribution in [2.75, 3.05) is 0 Å². The van der Waals surface area contributed by atoms with Gasteiger partial charge in [0.2, 0.25) is 5.41 Å². The van der Waals surface area contributed by atoms with Crippen LogP contribution in [0.25, 0.3) is 0 Å². The number of halogens is 6. The van der Waals surface area contributed by atoms with Crippen LogP contribution in [-0.4, -0.2) is 17.5 Å². The fraction of sp³-hybridized carbons (Fsp3) is 0.333. The Balaban J connectivity index is 2.96. The molecular weight excluding hydrogens is 346 g/mol. The third-order valence-corrected chi connectivity index (χ3v) is 4.43. The normalized spacial score (nSPS) is 13.2. The largest absolute Gasteiger partial charge is 0.508 e. The highest BCUT2D eigenvalue weighted by molar-refractivity contribution is 5.49. The minimum atomic E-state index is -5.66. The Hall–Kier alpha value is -2.18. The molecule has 0 saturated carbocycles. The van der Waals surface area contributed by atoms with E-state index in [2.05, 4.69) is 0 Å². The minimum Gasteiger partial charge on any atom is -0.508 e. The second-order valence-corrected chi connectivity index (χ2v) is 6.05. The molecule has 2 aromatic carbocycles. The molecule has 0 aromatic heterocycles. The molecule has 7 heteroatoms. The zero-order chi connectivity index (χ0) is 19.2. The average Bonchev–Trinajstić information content (AvgIpc) is 2.44. The van der Waals surface area contributed by atoms with Crippen molar-refractivity contribution >= 4 is 0 Å². The lowest BCUT2D eigenvalue weighted by Crippen LogP contribution is -2.54. The molecule has 0 unspecified atom stereocenters. The maximum absolute atomic E-state index is 13.9. The number of phenolic OH excluding ortho intramolecular Hbond substituents is 1. The van der Waals surface area contributed by atoms with E-state index >= 15 is 0 Å². The second-order valence-electron chi connectivity index (χ2n) is 6.05. The Morgan fingerprint density at radius 3 is 1.48 bits per heavy atom. The number of hydrogen-bond donors (Lipinski definition) is 1. The van der Waals surface area contributed by atoms with Crippen molar-refractivity contribution < 1.29 is 31.4 Å². The first-order valence-electron chi connectivity index (χ1n) is 7.33. The molecule has 1 N–H and O–H groups in total. The number of rotatable bonds is 2. The van der Waals surface area contributed by atoms with E-state index in [0.29, 0.717) is 17.2 Å². The molecule has 0 amide bonds. The molecule has 0 spiro atoms. The SMILES string of the molecule is Cc1ccc(C(c2ccc(C)c(O)c2)(C(F)(F)F)C(F)(F)F)cc1C. The third kappa shape index (κ3) is 2.96. The van der Waals surface area contributed by atoms with Crippen molar-refractivity contribution in [1.29, 1.82) is 0 Å². The summed E-state index contributed by atoms with van der Waals surface area (Å²) in [5, 5.41) is 9.71. The summed E-state index contributed by atoms with van der Waals surface area (Å²) in [6.07, 6.45) is -11.3. The third-order valence-electron chi connectivity index (χ3n) is 4.43. The van der Waals surface area contributed by atoms with Gasteiger partial charge < -0.3 is 5.11 Å². The molecule has 1 nitrogen and oxygen atoms in total. The molecule has 0 atom stereocenters. The van der Waals surface area contributed by atoms with Gasteiger partial charge in [-0.25, -0.2) is 0 Å². The first kappa shape index (κ1) is 19.1. The monoisotopic (exact) mass is 362 g/mol. The predicted octanol–water partition coefficient (Wildman–Crippen LogP) is 5.73. The highest BCUT2D eigenvalue weighted by Crippen LogP contribution is 2.56. The molecule has 136 valence electrons. The molecule has 0 aliphatic rings. The van der Waals surface area contributed by atoms with E-state index in [-0.39, 0.29) is 5.56 Å². The van der Waals surface area contributed by atoms with Crippen molar-refractivity contribution in [2.45, 2.75) is 38.5 Å². The Morgan fingerprint density at radius 1 is 0.640 bits per heavy atom. The fourth-order valence-electron chi connectivity index (χ4n) is 2.80. The van der Waals surface area contributed by atoms with Crippen LogP contribution in [0.5, 0.6) is 5.75 Å². The average molecular weight is 362 g/mol. The van der Waals surface area contributed by atoms with Crippen LogP contribution in [0.2, 0.25) is 0 Å². The Bertz CT molecular complexity index is 722. The number of alkyl halides is 6. The van der Waals surface area contributed by atoms with Gasteiger partial charge in [0, 0.05) is 0 Å². The second kappa shape index (κ2) is 5.97. The maximum Gasteiger partial charge on any atom is 0.411 e. The van der Waals surface area contributed by atoms with E-state index in [0.717, 1.165) is 24.3 Å². The number of aromatic hydroxyl groups is 1. The summed E-state index contributed by atoms with van der Waals surface area (Å²) in [4.78, 5) is 0. The Morgan fingerprint density at radius 2 is 1.08 bits per heavy atom. The Kier molecular flexibility index (Phi) is 4.57. The van der Waals surface area contributed by atoms with Gasteiger partial charge in [0.05, 0.1) is 0 Å². The molecule has 25 heavy (non-hydrogen) atoms. The van der Waals surface area contributed by atoms with Crippen molar-refractivity contribution in [3.05, 3.63) is 64.2 Å². The smallest absolute Gasteiger partial charge is 0.411 e. The van der Waals surface area contributed by atoms with Gasteiger partial charge >= 0.3 is 12.4 Å². The van der Waals surface area contributed by atoms with Crippen molar-refractivity contribution in [3.63, 3.8) is 0 Å². The van der Waals surface area contributed by atoms with E-state index in [1.165, 1.54) is 19.9 Å². The molecule has 0 fully saturated rings. The summed E-state index contributed by atoms with van der Waals surface area (Å²) in [5.74, 6) is -0.626. The van der Waals surface area contributed by atoms with Crippen LogP contribution in [0.3, 0.4) is 0 Å². The lowest BCUT2D eigenvalue weighted by molar-refractivity contribution is -0.288. The van der Waals surface area contributed by atoms with Crippen LogP contribution in [0.15, 0.2) is 36.4 Å². The van der Waals surface area contributed by atoms with E-state index in [1.807, 2.05) is 0 Å². The number of phenols is 1. The zero-order valence-corrected chi connectivity index (χ0v) is 13.7. The zero-order valence-electron chi connectivity index (χ0n) is 13.7. The molecular formula is C18H16F6O. The van der Waals surface area contributed by atoms with E-state index in [1.54, 1.807) is 6.92 Å². The first-order valence-corrected chi connectivity index (χ1v) is 7.33. The van der Waals surface area contributed by atoms with Gasteiger partial charge in [0.25, 0.3) is 0 Å². The molecule has 0 radical (unpaired) electrons. The van der Waals surface area contributed by atoms with Crippen LogP contribution in [0, 0.1) is 20.8 Å². The lowest BCUT2D eigenvalue weighted by Gasteiger charge is -2.38. The maximum atomic E-state index is 13.9. The number of aryl methyl sites for hydroxylation is 3. The molecule has 0 bridgehead atoms. The highest BCUT2D eigenvalue weighted by Gasteiger charge is 2.72. The summed E-state index contributed by atoms with van der Waals surface area (Å²) in [6, 6.07) is 5.28. The molecule has 2 aromatic rings. The van der Waals surface area contributed by atoms with Crippen LogP contribution in [0.4, 0.5) is 26.3 Å². The summed E-state index contributed by atoms with van der Waals surface area (Å²) in [5.41, 5.74) is -5.16. The summed E-state index contributed by atoms with van der Waals surface area (Å²) in [7, 11) is 0. The topological polar surface area (TPSA) is 20.2 Å². The molecule has 0 saturated heterocycles. The summed E-state index contributed by atoms with van der Waals surface area (Å²) in [6.45, 7) is 4.43. The number of benzene rings is 2. The van der Waals surface area contributed by atoms with Crippen molar-refractivity contribution in [3.8, 4) is 5.75 Å². The standard InChI is InChI=1S/C18H16F6O/c1-10-4-6-13(8-12(10)3)16(17(19,20)21,18(22,23)24)14-7-5-11(2)15(25)9-14/h4-9,25H,1-3H3. The van der Waals surface area contributed by atoms with Gasteiger partial charge in [0.15, 0.2) is 0 Å². The van der Waals surface area contributed by atoms with Gasteiger partial charge in [-0.15, -0.1) is 0 Å². The van der Waals surface area contributed by atoms with Crippen LogP contribution < -0.4 is 0 Å². The highest BCUT2D eigenvalue weighted by atomic mass is 19.4. The van der Waals surface area contributed by atoms with Gasteiger partial charge in [0.1, 0.15) is 5.75 Å². The molecule has 0 aliphatic heterocycles. The van der Waals surface area contributed by atoms with Crippen molar-refractivity contribution in [2.24, 2.45) is 0 Å². The predicted molar refractivity (Wildman–Crippen MR) is 81.6 cm³/mol. The minimum absolute atomic E-state index is 0.182. The van der Waals surface area contributed by atoms with Crippen LogP contribution in [0.1, 0.15) is 27.8 Å². The Labute approximate surface area is 140 Å². The summed E-state index contributed by atoms with van der Waals surface area (Å²) >= 11 is 0. The van der Waals surface area contributed by atoms with E-state index in [9.17, 15) is 31.4 Å². The van der Waals surface area contributed by atoms with Gasteiger partial charge in [-0.3, -0.25) is 0 Å². The van der Waals surface area contributed by atoms with E-state index < -0.39 is 34.6 Å². The van der Waals surface area contributed by atoms with Gasteiger partial charge in [-0.1, -0.05) is 30.3 Å². The van der Waals surface area contributed by atoms with E-state index in [4.69, 9.17) is 0 Å². The molecule has 0 aliphatic carbocycles. The summed E-state index contributed by atoms with van der Waals surface area (Å²) < 4.78 is 83.4. The first-order chi connectivity index (χ1) is 11.3. The van der Waals surface area contributed by atoms with Crippen molar-refractivity contribution in [1.82, 2.24) is 0 Å². The quantitative estimate of drug-likeness (QED) is 0.677. The lowest BCUT2D eigenvalue weighted by atomic mass is 9.72. The molecule has 2 rings (SSSR count). The van der Waals surface area contributed by atoms with Crippen LogP contribution in [-0.2, 0) is 5.41 Å². The van der Waals surface area contributed by atoms with Gasteiger partial charge in [-0.2, -0.15) is 26.3 Å². The molecule has 0 heterocycles. The van der Waals surface area contributed by atoms with Crippen LogP contribution >= 0.6 is 0 Å². The number of hydrogen-bond acceptors (Lipinski definition) is 1.